The quantitative estimate of drug-likeness (QED) is 0.0340. The van der Waals surface area contributed by atoms with Crippen LogP contribution < -0.4 is 25.4 Å². The van der Waals surface area contributed by atoms with Gasteiger partial charge in [0.1, 0.15) is 59.7 Å². The van der Waals surface area contributed by atoms with E-state index in [2.05, 4.69) is 109 Å². The molecule has 0 aliphatic carbocycles. The van der Waals surface area contributed by atoms with Crippen molar-refractivity contribution in [3.8, 4) is 56.3 Å². The molecule has 28 heteroatoms. The number of rotatable bonds is 19. The minimum atomic E-state index is -1.24. The van der Waals surface area contributed by atoms with Gasteiger partial charge in [0, 0.05) is 73.1 Å². The van der Waals surface area contributed by atoms with E-state index in [1.54, 1.807) is 4.90 Å². The highest BCUT2D eigenvalue weighted by molar-refractivity contribution is 6.10. The molecule has 10 heterocycles. The summed E-state index contributed by atoms with van der Waals surface area (Å²) in [7, 11) is 4.08. The molecular weight excluding hydrogens is 1430 g/mol. The van der Waals surface area contributed by atoms with Gasteiger partial charge in [0.15, 0.2) is 0 Å². The van der Waals surface area contributed by atoms with Crippen LogP contribution in [0, 0.1) is 17.8 Å². The maximum absolute atomic E-state index is 13.8. The Bertz CT molecular complexity index is 5210. The maximum atomic E-state index is 13.8. The molecule has 4 fully saturated rings. The van der Waals surface area contributed by atoms with E-state index >= 15 is 0 Å². The summed E-state index contributed by atoms with van der Waals surface area (Å²) in [6.45, 7) is 20.5. The highest BCUT2D eigenvalue weighted by atomic mass is 16.6. The number of likely N-dealkylation sites (tertiary alicyclic amines) is 4. The lowest BCUT2D eigenvalue weighted by atomic mass is 9.92. The van der Waals surface area contributed by atoms with Gasteiger partial charge in [0.25, 0.3) is 0 Å². The number of carbonyl (C=O) groups is 5. The Kier molecular flexibility index (Phi) is 21.7. The summed E-state index contributed by atoms with van der Waals surface area (Å²) < 4.78 is 33.4. The highest BCUT2D eigenvalue weighted by Gasteiger charge is 2.42. The molecule has 112 heavy (non-hydrogen) atoms. The molecule has 4 unspecified atom stereocenters. The largest absolute Gasteiger partial charge is 0.488 e. The summed E-state index contributed by atoms with van der Waals surface area (Å²) in [5, 5.41) is 32.6. The second-order valence-electron chi connectivity index (χ2n) is 32.1. The van der Waals surface area contributed by atoms with E-state index in [4.69, 9.17) is 48.4 Å². The lowest BCUT2D eigenvalue weighted by Gasteiger charge is -2.31. The number of H-pyrrole nitrogens is 4. The Morgan fingerprint density at radius 3 is 1.28 bits per heavy atom. The second-order valence-corrected chi connectivity index (χ2v) is 32.1. The number of aromatic nitrogens is 8. The van der Waals surface area contributed by atoms with Gasteiger partial charge in [-0.15, -0.1) is 0 Å². The first-order chi connectivity index (χ1) is 53.9. The number of carbonyl (C=O) groups excluding carboxylic acids is 5. The number of hydrogen-bond acceptors (Lipinski definition) is 19. The minimum Gasteiger partial charge on any atom is -0.488 e. The van der Waals surface area contributed by atoms with Crippen LogP contribution in [-0.4, -0.2) is 184 Å². The van der Waals surface area contributed by atoms with Crippen LogP contribution in [0.5, 0.6) is 11.5 Å². The van der Waals surface area contributed by atoms with Gasteiger partial charge >= 0.3 is 12.2 Å². The molecular formula is C84H101N15O13. The molecule has 9 N–H and O–H groups in total. The highest BCUT2D eigenvalue weighted by Crippen LogP contribution is 2.48. The van der Waals surface area contributed by atoms with E-state index in [1.807, 2.05) is 102 Å². The van der Waals surface area contributed by atoms with E-state index in [1.165, 1.54) is 21.3 Å². The fraction of sp³-hybridized carbons (Fsp3) is 0.464. The van der Waals surface area contributed by atoms with Crippen molar-refractivity contribution in [2.75, 3.05) is 47.5 Å². The van der Waals surface area contributed by atoms with E-state index in [0.29, 0.717) is 45.2 Å². The van der Waals surface area contributed by atoms with E-state index in [0.717, 1.165) is 180 Å². The summed E-state index contributed by atoms with van der Waals surface area (Å²) in [6.07, 6.45) is 6.88. The third-order valence-corrected chi connectivity index (χ3v) is 22.7. The first-order valence-corrected chi connectivity index (χ1v) is 39.1. The number of imidazole rings is 4. The number of ether oxygens (including phenoxy) is 6. The molecule has 0 bridgehead atoms. The van der Waals surface area contributed by atoms with Crippen LogP contribution in [0.4, 0.5) is 9.59 Å². The summed E-state index contributed by atoms with van der Waals surface area (Å²) in [6, 6.07) is 26.6. The zero-order chi connectivity index (χ0) is 78.7. The monoisotopic (exact) mass is 1530 g/mol. The van der Waals surface area contributed by atoms with Crippen LogP contribution in [0.3, 0.4) is 0 Å². The van der Waals surface area contributed by atoms with Crippen LogP contribution in [-0.2, 0) is 46.5 Å². The molecule has 5 amide bonds. The number of nitrogens with one attached hydrogen (secondary N) is 7. The zero-order valence-corrected chi connectivity index (χ0v) is 65.5. The smallest absolute Gasteiger partial charge is 0.410 e. The third-order valence-electron chi connectivity index (χ3n) is 22.7. The number of fused-ring (bicyclic) bond motifs is 14. The van der Waals surface area contributed by atoms with E-state index in [-0.39, 0.29) is 65.7 Å². The van der Waals surface area contributed by atoms with Crippen molar-refractivity contribution < 1.29 is 62.6 Å². The lowest BCUT2D eigenvalue weighted by molar-refractivity contribution is -0.145. The molecule has 6 aromatic carbocycles. The Morgan fingerprint density at radius 2 is 0.875 bits per heavy atom. The predicted molar refractivity (Wildman–Crippen MR) is 422 cm³/mol. The Balaban J connectivity index is 0.000000178. The van der Waals surface area contributed by atoms with Gasteiger partial charge in [-0.3, -0.25) is 29.9 Å². The fourth-order valence-corrected chi connectivity index (χ4v) is 17.0. The van der Waals surface area contributed by atoms with Gasteiger partial charge in [-0.1, -0.05) is 77.9 Å². The van der Waals surface area contributed by atoms with Crippen molar-refractivity contribution in [1.29, 1.82) is 0 Å². The van der Waals surface area contributed by atoms with Crippen molar-refractivity contribution in [3.05, 3.63) is 132 Å². The van der Waals surface area contributed by atoms with Crippen LogP contribution in [0.1, 0.15) is 172 Å². The third kappa shape index (κ3) is 14.9. The number of methoxy groups -OCH3 is 3. The molecule has 9 atom stereocenters. The Hall–Kier alpha value is -10.5. The molecule has 10 aromatic rings. The van der Waals surface area contributed by atoms with Crippen LogP contribution in [0.15, 0.2) is 97.3 Å². The number of amides is 5. The number of aliphatic hydroxyl groups is 2. The zero-order valence-electron chi connectivity index (χ0n) is 65.5. The fourth-order valence-electron chi connectivity index (χ4n) is 17.0. The van der Waals surface area contributed by atoms with Gasteiger partial charge < -0.3 is 78.6 Å². The molecule has 0 spiro atoms. The summed E-state index contributed by atoms with van der Waals surface area (Å²) >= 11 is 0. The van der Waals surface area contributed by atoms with E-state index < -0.39 is 42.6 Å². The minimum absolute atomic E-state index is 0.0512. The first kappa shape index (κ1) is 76.9. The Labute approximate surface area is 649 Å². The number of benzene rings is 6. The number of alkyl carbamates (subject to hydrolysis) is 1. The SMILES string of the molecule is COC(=O)N[C@H](C(=O)N1CCCC1c1ncc(-c2ccc3c(c2)COc2c-3ccc3c2ccc2[nH]c([C@@H]4CCCN4C(=O)[C@@H](NC(O)OC)C(C)C)nc23)[nH]1)C(C)C.COC(O)N[C@H](C(=O)N1CCC[C@H]1c1nc2c(ccc3c4c(ccc32)-c2ccc(-c3cnc(C5CCCN5C(=O)OC(C)(C)C)[nH]3)cc2CO4)[nH]1)C(C)C. The van der Waals surface area contributed by atoms with Crippen molar-refractivity contribution in [3.63, 3.8) is 0 Å². The number of nitrogens with zero attached hydrogens (tertiary/aromatic N) is 8. The van der Waals surface area contributed by atoms with Crippen molar-refractivity contribution in [2.45, 2.75) is 188 Å². The van der Waals surface area contributed by atoms with Crippen LogP contribution in [0.2, 0.25) is 0 Å². The molecule has 28 nitrogen and oxygen atoms in total. The normalized spacial score (nSPS) is 19.5. The maximum Gasteiger partial charge on any atom is 0.410 e. The molecule has 0 radical (unpaired) electrons. The molecule has 6 aliphatic rings. The average molecular weight is 1530 g/mol. The average Bonchev–Trinajstić information content (AvgIpc) is 1.28. The van der Waals surface area contributed by atoms with Crippen molar-refractivity contribution >= 4 is 73.5 Å². The molecule has 4 aromatic heterocycles. The van der Waals surface area contributed by atoms with Gasteiger partial charge in [-0.2, -0.15) is 0 Å². The molecule has 0 saturated carbocycles. The molecule has 4 saturated heterocycles. The molecule has 16 rings (SSSR count). The second kappa shape index (κ2) is 31.6. The van der Waals surface area contributed by atoms with Crippen LogP contribution in [0.25, 0.3) is 88.4 Å². The summed E-state index contributed by atoms with van der Waals surface area (Å²) in [5.74, 6) is 4.06. The van der Waals surface area contributed by atoms with Gasteiger partial charge in [-0.05, 0) is 172 Å². The van der Waals surface area contributed by atoms with Gasteiger partial charge in [0.05, 0.1) is 89.2 Å². The first-order valence-electron chi connectivity index (χ1n) is 39.1. The number of hydrogen-bond donors (Lipinski definition) is 9. The van der Waals surface area contributed by atoms with Crippen molar-refractivity contribution in [1.82, 2.24) is 75.4 Å². The number of aromatic amines is 4. The topological polar surface area (TPSA) is 345 Å². The van der Waals surface area contributed by atoms with Crippen LogP contribution >= 0.6 is 0 Å². The van der Waals surface area contributed by atoms with Gasteiger partial charge in [0.2, 0.25) is 30.5 Å². The standard InChI is InChI=1S/C43H52N8O7.C41H49N7O6/c1-22(2)34(48-42(54)56-5)40(52)50-17-7-9-32(50)38-44-20-31(46-38)24-11-12-26-25(19-24)21-58-37-28(26)14-13-27-29(37)15-16-30-36(27)47-39(45-30)33-10-8-18-51(33)41(53)35(23(3)4)49-43(55)57-6;1-22(2)33(46-39(50)52-6)38(49)47-17-7-10-32(47)37-43-29-16-15-28-26(34(29)45-37)13-14-27-25-12-11-23(19-24(25)21-53-35(27)28)30-20-42-36(44-30)31-9-8-18-48(31)40(51)54-41(3,4)5/h11-16,19-20,22-23,32-35,43,49,55H,7-10,17-18,21H2,1-6H3,(H,44,46)(H,45,47)(H,48,54);11-16,19-20,22,31-33,39,46,50H,7-10,17-18,21H2,1-6H3,(H,42,44)(H,43,45)/t32?,33-,34-,35-,43?;31?,32-,33-,39?/m00/s1. The van der Waals surface area contributed by atoms with Crippen molar-refractivity contribution in [2.24, 2.45) is 17.8 Å². The summed E-state index contributed by atoms with van der Waals surface area (Å²) in [4.78, 5) is 107. The Morgan fingerprint density at radius 1 is 0.491 bits per heavy atom. The van der Waals surface area contributed by atoms with Gasteiger partial charge in [-0.25, -0.2) is 29.5 Å². The lowest BCUT2D eigenvalue weighted by Crippen LogP contribution is -2.52. The summed E-state index contributed by atoms with van der Waals surface area (Å²) in [5.41, 5.74) is 12.9. The van der Waals surface area contributed by atoms with E-state index in [9.17, 15) is 34.2 Å². The molecule has 590 valence electrons. The number of aliphatic hydroxyl groups excluding tert-OH is 2. The molecule has 6 aliphatic heterocycles. The predicted octanol–water partition coefficient (Wildman–Crippen LogP) is 12.8.